The van der Waals surface area contributed by atoms with Gasteiger partial charge in [-0.3, -0.25) is 0 Å². The van der Waals surface area contributed by atoms with Crippen molar-refractivity contribution in [3.05, 3.63) is 23.8 Å². The number of hydrogen-bond acceptors (Lipinski definition) is 5. The van der Waals surface area contributed by atoms with Crippen molar-refractivity contribution in [3.63, 3.8) is 0 Å². The molecular formula is C12H16N2O4. The third-order valence-corrected chi connectivity index (χ3v) is 3.22. The molecule has 1 aromatic rings. The highest BCUT2D eigenvalue weighted by molar-refractivity contribution is 5.90. The zero-order valence-corrected chi connectivity index (χ0v) is 10.3. The van der Waals surface area contributed by atoms with E-state index in [4.69, 9.17) is 20.3 Å². The molecule has 6 heteroatoms. The average molecular weight is 252 g/mol. The zero-order chi connectivity index (χ0) is 13.3. The summed E-state index contributed by atoms with van der Waals surface area (Å²) in [4.78, 5) is 12.8. The molecule has 0 atom stereocenters. The summed E-state index contributed by atoms with van der Waals surface area (Å²) in [6, 6.07) is 4.69. The van der Waals surface area contributed by atoms with Gasteiger partial charge in [0.1, 0.15) is 0 Å². The van der Waals surface area contributed by atoms with Crippen LogP contribution in [0.3, 0.4) is 0 Å². The van der Waals surface area contributed by atoms with Crippen molar-refractivity contribution in [2.45, 2.75) is 5.79 Å². The molecule has 0 bridgehead atoms. The lowest BCUT2D eigenvalue weighted by Gasteiger charge is -2.49. The molecular weight excluding hydrogens is 236 g/mol. The minimum absolute atomic E-state index is 0.182. The molecule has 1 heterocycles. The van der Waals surface area contributed by atoms with Crippen molar-refractivity contribution < 1.29 is 19.4 Å². The Morgan fingerprint density at radius 1 is 1.39 bits per heavy atom. The molecule has 18 heavy (non-hydrogen) atoms. The van der Waals surface area contributed by atoms with Crippen LogP contribution in [0.25, 0.3) is 0 Å². The van der Waals surface area contributed by atoms with E-state index in [1.54, 1.807) is 20.3 Å². The monoisotopic (exact) mass is 252 g/mol. The highest BCUT2D eigenvalue weighted by atomic mass is 16.7. The summed E-state index contributed by atoms with van der Waals surface area (Å²) in [7, 11) is 3.19. The van der Waals surface area contributed by atoms with Gasteiger partial charge in [0.05, 0.1) is 30.0 Å². The van der Waals surface area contributed by atoms with Gasteiger partial charge in [-0.15, -0.1) is 0 Å². The van der Waals surface area contributed by atoms with Gasteiger partial charge in [0.15, 0.2) is 0 Å². The van der Waals surface area contributed by atoms with Crippen molar-refractivity contribution in [3.8, 4) is 0 Å². The van der Waals surface area contributed by atoms with E-state index in [1.807, 2.05) is 4.90 Å². The first-order valence-corrected chi connectivity index (χ1v) is 5.49. The number of ether oxygens (including phenoxy) is 2. The topological polar surface area (TPSA) is 85.0 Å². The SMILES string of the molecule is COC1(OC)CN(c2ccc(C(=O)O)cc2N)C1. The predicted octanol–water partition coefficient (Wildman–Crippen LogP) is 0.776. The highest BCUT2D eigenvalue weighted by Gasteiger charge is 2.44. The quantitative estimate of drug-likeness (QED) is 0.608. The number of carboxylic acid groups (broad SMARTS) is 1. The fourth-order valence-corrected chi connectivity index (χ4v) is 2.02. The molecule has 1 aromatic carbocycles. The van der Waals surface area contributed by atoms with E-state index < -0.39 is 11.8 Å². The second kappa shape index (κ2) is 4.47. The van der Waals surface area contributed by atoms with Gasteiger partial charge in [-0.05, 0) is 18.2 Å². The fourth-order valence-electron chi connectivity index (χ4n) is 2.02. The minimum atomic E-state index is -0.986. The molecule has 0 radical (unpaired) electrons. The Bertz CT molecular complexity index is 463. The molecule has 1 aliphatic heterocycles. The number of nitrogens with two attached hydrogens (primary N) is 1. The van der Waals surface area contributed by atoms with Crippen molar-refractivity contribution in [2.24, 2.45) is 0 Å². The summed E-state index contributed by atoms with van der Waals surface area (Å²) in [5.74, 6) is -1.57. The number of rotatable bonds is 4. The van der Waals surface area contributed by atoms with Gasteiger partial charge >= 0.3 is 5.97 Å². The predicted molar refractivity (Wildman–Crippen MR) is 66.8 cm³/mol. The number of benzene rings is 1. The maximum atomic E-state index is 10.8. The first kappa shape index (κ1) is 12.7. The second-order valence-electron chi connectivity index (χ2n) is 4.25. The van der Waals surface area contributed by atoms with Gasteiger partial charge in [0, 0.05) is 14.2 Å². The largest absolute Gasteiger partial charge is 0.478 e. The van der Waals surface area contributed by atoms with Crippen LogP contribution in [0, 0.1) is 0 Å². The third kappa shape index (κ3) is 2.00. The van der Waals surface area contributed by atoms with Gasteiger partial charge in [-0.2, -0.15) is 0 Å². The Kier molecular flexibility index (Phi) is 3.14. The first-order valence-electron chi connectivity index (χ1n) is 5.49. The van der Waals surface area contributed by atoms with E-state index in [9.17, 15) is 4.79 Å². The van der Waals surface area contributed by atoms with Crippen molar-refractivity contribution >= 4 is 17.3 Å². The van der Waals surface area contributed by atoms with Gasteiger partial charge < -0.3 is 25.2 Å². The minimum Gasteiger partial charge on any atom is -0.478 e. The highest BCUT2D eigenvalue weighted by Crippen LogP contribution is 2.34. The maximum absolute atomic E-state index is 10.8. The van der Waals surface area contributed by atoms with Crippen LogP contribution >= 0.6 is 0 Å². The van der Waals surface area contributed by atoms with Crippen molar-refractivity contribution in [1.29, 1.82) is 0 Å². The maximum Gasteiger partial charge on any atom is 0.335 e. The number of anilines is 2. The lowest BCUT2D eigenvalue weighted by atomic mass is 10.0. The average Bonchev–Trinajstić information content (AvgIpc) is 2.30. The number of methoxy groups -OCH3 is 2. The van der Waals surface area contributed by atoms with Crippen molar-refractivity contribution in [2.75, 3.05) is 37.9 Å². The molecule has 6 nitrogen and oxygen atoms in total. The molecule has 1 fully saturated rings. The number of nitrogen functional groups attached to an aromatic ring is 1. The number of hydrogen-bond donors (Lipinski definition) is 2. The lowest BCUT2D eigenvalue weighted by molar-refractivity contribution is -0.219. The van der Waals surface area contributed by atoms with Crippen LogP contribution in [0.15, 0.2) is 18.2 Å². The standard InChI is InChI=1S/C12H16N2O4/c1-17-12(18-2)6-14(7-12)10-4-3-8(11(15)16)5-9(10)13/h3-5H,6-7,13H2,1-2H3,(H,15,16). The number of carboxylic acids is 1. The van der Waals surface area contributed by atoms with E-state index >= 15 is 0 Å². The van der Waals surface area contributed by atoms with E-state index in [-0.39, 0.29) is 5.56 Å². The lowest BCUT2D eigenvalue weighted by Crippen LogP contribution is -2.64. The van der Waals surface area contributed by atoms with E-state index in [1.165, 1.54) is 12.1 Å². The summed E-state index contributed by atoms with van der Waals surface area (Å²) in [6.45, 7) is 1.13. The van der Waals surface area contributed by atoms with Crippen LogP contribution in [0.2, 0.25) is 0 Å². The van der Waals surface area contributed by atoms with Crippen LogP contribution in [0.5, 0.6) is 0 Å². The summed E-state index contributed by atoms with van der Waals surface area (Å²) in [5.41, 5.74) is 7.27. The number of nitrogens with zero attached hydrogens (tertiary/aromatic N) is 1. The summed E-state index contributed by atoms with van der Waals surface area (Å²) >= 11 is 0. The molecule has 3 N–H and O–H groups in total. The van der Waals surface area contributed by atoms with Gasteiger partial charge in [0.2, 0.25) is 5.79 Å². The molecule has 0 aliphatic carbocycles. The van der Waals surface area contributed by atoms with E-state index in [0.29, 0.717) is 18.8 Å². The van der Waals surface area contributed by atoms with Gasteiger partial charge in [-0.25, -0.2) is 4.79 Å². The summed E-state index contributed by atoms with van der Waals surface area (Å²) in [6.07, 6.45) is 0. The second-order valence-corrected chi connectivity index (χ2v) is 4.25. The molecule has 1 aliphatic rings. The van der Waals surface area contributed by atoms with Crippen LogP contribution in [-0.4, -0.2) is 44.2 Å². The van der Waals surface area contributed by atoms with Gasteiger partial charge in [-0.1, -0.05) is 0 Å². The number of aromatic carboxylic acids is 1. The molecule has 0 amide bonds. The summed E-state index contributed by atoms with van der Waals surface area (Å²) in [5, 5.41) is 8.86. The smallest absolute Gasteiger partial charge is 0.335 e. The number of carbonyl (C=O) groups is 1. The van der Waals surface area contributed by atoms with Crippen LogP contribution in [0.1, 0.15) is 10.4 Å². The fraction of sp³-hybridized carbons (Fsp3) is 0.417. The first-order chi connectivity index (χ1) is 8.51. The van der Waals surface area contributed by atoms with Crippen LogP contribution in [-0.2, 0) is 9.47 Å². The Labute approximate surface area is 105 Å². The Hall–Kier alpha value is -1.79. The molecule has 0 unspecified atom stereocenters. The molecule has 98 valence electrons. The van der Waals surface area contributed by atoms with E-state index in [2.05, 4.69) is 0 Å². The van der Waals surface area contributed by atoms with Crippen LogP contribution < -0.4 is 10.6 Å². The normalized spacial score (nSPS) is 17.3. The molecule has 0 saturated carbocycles. The summed E-state index contributed by atoms with van der Waals surface area (Å²) < 4.78 is 10.6. The van der Waals surface area contributed by atoms with Crippen LogP contribution in [0.4, 0.5) is 11.4 Å². The zero-order valence-electron chi connectivity index (χ0n) is 10.3. The molecule has 0 spiro atoms. The third-order valence-electron chi connectivity index (χ3n) is 3.22. The molecule has 2 rings (SSSR count). The Morgan fingerprint density at radius 2 is 2.00 bits per heavy atom. The Morgan fingerprint density at radius 3 is 2.44 bits per heavy atom. The molecule has 0 aromatic heterocycles. The van der Waals surface area contributed by atoms with E-state index in [0.717, 1.165) is 5.69 Å². The Balaban J connectivity index is 2.15. The van der Waals surface area contributed by atoms with Gasteiger partial charge in [0.25, 0.3) is 0 Å². The molecule has 1 saturated heterocycles. The van der Waals surface area contributed by atoms with Crippen molar-refractivity contribution in [1.82, 2.24) is 0 Å².